The summed E-state index contributed by atoms with van der Waals surface area (Å²) in [5.74, 6) is 0. The molecule has 0 atom stereocenters. The van der Waals surface area contributed by atoms with Gasteiger partial charge in [-0.2, -0.15) is 0 Å². The van der Waals surface area contributed by atoms with E-state index in [1.165, 1.54) is 83.6 Å². The summed E-state index contributed by atoms with van der Waals surface area (Å²) in [6.07, 6.45) is 0. The molecule has 3 heterocycles. The van der Waals surface area contributed by atoms with E-state index in [-0.39, 0.29) is 17.5 Å². The average molecular weight is 851 g/mol. The van der Waals surface area contributed by atoms with Crippen molar-refractivity contribution in [2.45, 2.75) is 52.4 Å². The first kappa shape index (κ1) is 40.0. The number of anilines is 6. The summed E-state index contributed by atoms with van der Waals surface area (Å²) in [4.78, 5) is 5.09. The van der Waals surface area contributed by atoms with Crippen molar-refractivity contribution in [3.63, 3.8) is 0 Å². The molecule has 0 radical (unpaired) electrons. The molecule has 10 aromatic rings. The third kappa shape index (κ3) is 6.50. The van der Waals surface area contributed by atoms with E-state index in [1.54, 1.807) is 0 Å². The highest BCUT2D eigenvalue weighted by Crippen LogP contribution is 2.48. The summed E-state index contributed by atoms with van der Waals surface area (Å²) in [6, 6.07) is 74.2. The largest absolute Gasteiger partial charge is 0.456 e. The van der Waals surface area contributed by atoms with Crippen LogP contribution >= 0.6 is 0 Å². The molecule has 9 aromatic carbocycles. The van der Waals surface area contributed by atoms with Crippen LogP contribution in [0.25, 0.3) is 55.3 Å². The Morgan fingerprint density at radius 1 is 0.364 bits per heavy atom. The monoisotopic (exact) mass is 850 g/mol. The van der Waals surface area contributed by atoms with Crippen molar-refractivity contribution in [2.75, 3.05) is 9.80 Å². The number of hydrogen-bond donors (Lipinski definition) is 0. The van der Waals surface area contributed by atoms with E-state index >= 15 is 0 Å². The molecule has 3 nitrogen and oxygen atoms in total. The fourth-order valence-electron chi connectivity index (χ4n) is 10.5. The van der Waals surface area contributed by atoms with Crippen molar-refractivity contribution in [3.8, 4) is 33.4 Å². The van der Waals surface area contributed by atoms with Crippen LogP contribution in [0.5, 0.6) is 0 Å². The van der Waals surface area contributed by atoms with Gasteiger partial charge < -0.3 is 14.2 Å². The van der Waals surface area contributed by atoms with Gasteiger partial charge in [0.2, 0.25) is 0 Å². The molecule has 12 rings (SSSR count). The number of hydrogen-bond acceptors (Lipinski definition) is 3. The Balaban J connectivity index is 1.08. The Morgan fingerprint density at radius 3 is 1.68 bits per heavy atom. The molecule has 0 fully saturated rings. The van der Waals surface area contributed by atoms with E-state index < -0.39 is 0 Å². The first-order chi connectivity index (χ1) is 32.0. The van der Waals surface area contributed by atoms with Gasteiger partial charge in [-0.05, 0) is 133 Å². The zero-order valence-electron chi connectivity index (χ0n) is 38.4. The number of para-hydroxylation sites is 1. The lowest BCUT2D eigenvalue weighted by molar-refractivity contribution is 0.590. The molecule has 66 heavy (non-hydrogen) atoms. The first-order valence-corrected chi connectivity index (χ1v) is 23.3. The van der Waals surface area contributed by atoms with Crippen LogP contribution in [-0.2, 0) is 10.8 Å². The van der Waals surface area contributed by atoms with Crippen LogP contribution in [0, 0.1) is 0 Å². The first-order valence-electron chi connectivity index (χ1n) is 23.3. The fourth-order valence-corrected chi connectivity index (χ4v) is 10.5. The smallest absolute Gasteiger partial charge is 0.252 e. The molecule has 0 N–H and O–H groups in total. The molecule has 0 bridgehead atoms. The predicted octanol–water partition coefficient (Wildman–Crippen LogP) is 15.3. The molecule has 0 unspecified atom stereocenters. The van der Waals surface area contributed by atoms with E-state index in [9.17, 15) is 0 Å². The highest BCUT2D eigenvalue weighted by molar-refractivity contribution is 7.00. The second-order valence-corrected chi connectivity index (χ2v) is 20.2. The summed E-state index contributed by atoms with van der Waals surface area (Å²) < 4.78 is 6.20. The van der Waals surface area contributed by atoms with Crippen molar-refractivity contribution in [2.24, 2.45) is 0 Å². The minimum atomic E-state index is -0.0389. The Labute approximate surface area is 388 Å². The second kappa shape index (κ2) is 15.0. The highest BCUT2D eigenvalue weighted by Gasteiger charge is 2.44. The maximum Gasteiger partial charge on any atom is 0.252 e. The van der Waals surface area contributed by atoms with Gasteiger partial charge in [-0.25, -0.2) is 0 Å². The lowest BCUT2D eigenvalue weighted by atomic mass is 9.33. The van der Waals surface area contributed by atoms with Crippen molar-refractivity contribution in [3.05, 3.63) is 211 Å². The van der Waals surface area contributed by atoms with Gasteiger partial charge in [-0.15, -0.1) is 0 Å². The van der Waals surface area contributed by atoms with E-state index in [4.69, 9.17) is 4.42 Å². The van der Waals surface area contributed by atoms with Gasteiger partial charge in [0.05, 0.1) is 5.69 Å². The maximum absolute atomic E-state index is 6.20. The quantitative estimate of drug-likeness (QED) is 0.161. The molecule has 0 saturated carbocycles. The lowest BCUT2D eigenvalue weighted by Gasteiger charge is -2.45. The molecule has 318 valence electrons. The summed E-state index contributed by atoms with van der Waals surface area (Å²) in [6.45, 7) is 14.0. The van der Waals surface area contributed by atoms with Gasteiger partial charge in [0.15, 0.2) is 0 Å². The van der Waals surface area contributed by atoms with Crippen molar-refractivity contribution in [1.29, 1.82) is 0 Å². The molecule has 0 aliphatic carbocycles. The minimum Gasteiger partial charge on any atom is -0.456 e. The topological polar surface area (TPSA) is 19.6 Å². The van der Waals surface area contributed by atoms with Crippen LogP contribution in [0.3, 0.4) is 0 Å². The average Bonchev–Trinajstić information content (AvgIpc) is 3.72. The maximum atomic E-state index is 6.20. The van der Waals surface area contributed by atoms with Gasteiger partial charge in [-0.1, -0.05) is 175 Å². The Hall–Kier alpha value is -7.56. The van der Waals surface area contributed by atoms with Gasteiger partial charge in [0, 0.05) is 44.8 Å². The summed E-state index contributed by atoms with van der Waals surface area (Å²) >= 11 is 0. The summed E-state index contributed by atoms with van der Waals surface area (Å²) in [7, 11) is 0. The zero-order chi connectivity index (χ0) is 44.9. The third-order valence-corrected chi connectivity index (χ3v) is 14.0. The molecular weight excluding hydrogens is 800 g/mol. The van der Waals surface area contributed by atoms with Crippen LogP contribution in [0.4, 0.5) is 34.1 Å². The Morgan fingerprint density at radius 2 is 0.939 bits per heavy atom. The highest BCUT2D eigenvalue weighted by atomic mass is 16.3. The Bertz CT molecular complexity index is 3500. The predicted molar refractivity (Wildman–Crippen MR) is 281 cm³/mol. The number of furan rings is 1. The second-order valence-electron chi connectivity index (χ2n) is 20.2. The van der Waals surface area contributed by atoms with Crippen molar-refractivity contribution < 1.29 is 4.42 Å². The van der Waals surface area contributed by atoms with E-state index in [0.29, 0.717) is 0 Å². The van der Waals surface area contributed by atoms with Gasteiger partial charge in [0.25, 0.3) is 6.71 Å². The van der Waals surface area contributed by atoms with Crippen LogP contribution < -0.4 is 26.2 Å². The normalized spacial score (nSPS) is 13.2. The van der Waals surface area contributed by atoms with E-state index in [0.717, 1.165) is 33.3 Å². The molecular formula is C62H51BN2O. The van der Waals surface area contributed by atoms with Crippen molar-refractivity contribution >= 4 is 79.2 Å². The Kier molecular flexibility index (Phi) is 9.09. The molecule has 0 amide bonds. The molecule has 4 heteroatoms. The number of fused-ring (bicyclic) bond motifs is 7. The van der Waals surface area contributed by atoms with Gasteiger partial charge in [0.1, 0.15) is 11.2 Å². The number of nitrogens with zero attached hydrogens (tertiary/aromatic N) is 2. The minimum absolute atomic E-state index is 0.0181. The van der Waals surface area contributed by atoms with E-state index in [1.807, 2.05) is 12.1 Å². The molecule has 0 spiro atoms. The summed E-state index contributed by atoms with van der Waals surface area (Å²) in [5, 5.41) is 2.28. The molecule has 1 aromatic heterocycles. The zero-order valence-corrected chi connectivity index (χ0v) is 38.4. The fraction of sp³-hybridized carbons (Fsp3) is 0.129. The number of benzene rings is 9. The molecule has 2 aliphatic rings. The summed E-state index contributed by atoms with van der Waals surface area (Å²) in [5.41, 5.74) is 22.6. The van der Waals surface area contributed by atoms with Crippen LogP contribution in [0.2, 0.25) is 0 Å². The van der Waals surface area contributed by atoms with Gasteiger partial charge in [-0.3, -0.25) is 0 Å². The van der Waals surface area contributed by atoms with Gasteiger partial charge >= 0.3 is 0 Å². The number of rotatable bonds is 5. The van der Waals surface area contributed by atoms with Crippen LogP contribution in [-0.4, -0.2) is 6.71 Å². The van der Waals surface area contributed by atoms with Crippen molar-refractivity contribution in [1.82, 2.24) is 0 Å². The van der Waals surface area contributed by atoms with E-state index in [2.05, 4.69) is 239 Å². The standard InChI is InChI=1S/C62H51BN2O/c1-61(2,3)45-29-34-54-52(38-45)63-51-32-28-46(62(4,5)6)39-57(51)64(47-30-24-41(25-31-47)44-27-35-59-50(37-44)48-20-13-14-23-58(48)66-59)55-21-15-22-56(60(55)63)65(54)53-33-26-43(40-16-9-7-10-17-40)36-49(53)42-18-11-8-12-19-42/h7-39H,1-6H3. The molecule has 2 aliphatic heterocycles. The molecule has 0 saturated heterocycles. The SMILES string of the molecule is CC(C)(C)c1ccc2c(c1)B1c3ccc(C(C)(C)C)cc3N(c3ccc(-c4ccc5oc6ccccc6c5c4)cc3)c3cccc(c31)N2c1ccc(-c2ccccc2)cc1-c1ccccc1. The van der Waals surface area contributed by atoms with Crippen LogP contribution in [0.1, 0.15) is 52.7 Å². The van der Waals surface area contributed by atoms with Crippen LogP contribution in [0.15, 0.2) is 205 Å². The third-order valence-electron chi connectivity index (χ3n) is 14.0. The lowest BCUT2D eigenvalue weighted by Crippen LogP contribution is -2.61.